The zero-order valence-corrected chi connectivity index (χ0v) is 9.50. The van der Waals surface area contributed by atoms with Gasteiger partial charge < -0.3 is 10.6 Å². The van der Waals surface area contributed by atoms with Crippen LogP contribution in [0.25, 0.3) is 0 Å². The van der Waals surface area contributed by atoms with Crippen molar-refractivity contribution in [2.45, 2.75) is 12.9 Å². The van der Waals surface area contributed by atoms with Gasteiger partial charge in [0.2, 0.25) is 0 Å². The van der Waals surface area contributed by atoms with E-state index < -0.39 is 13.0 Å². The highest BCUT2D eigenvalue weighted by molar-refractivity contribution is 5.46. The Morgan fingerprint density at radius 3 is 2.29 bits per heavy atom. The Hall–Kier alpha value is -1.27. The molecule has 3 nitrogen and oxygen atoms in total. The van der Waals surface area contributed by atoms with Gasteiger partial charge >= 0.3 is 6.36 Å². The van der Waals surface area contributed by atoms with Crippen LogP contribution >= 0.6 is 0 Å². The first-order valence-corrected chi connectivity index (χ1v) is 5.13. The summed E-state index contributed by atoms with van der Waals surface area (Å²) in [6.45, 7) is 0.224. The first kappa shape index (κ1) is 13.8. The number of nitrogens with zero attached hydrogens (tertiary/aromatic N) is 1. The van der Waals surface area contributed by atoms with Gasteiger partial charge in [-0.2, -0.15) is 0 Å². The van der Waals surface area contributed by atoms with E-state index in [1.165, 1.54) is 0 Å². The number of rotatable bonds is 5. The third-order valence-electron chi connectivity index (χ3n) is 2.31. The Labute approximate surface area is 98.0 Å². The van der Waals surface area contributed by atoms with Crippen molar-refractivity contribution < 1.29 is 17.9 Å². The van der Waals surface area contributed by atoms with Crippen molar-refractivity contribution in [3.8, 4) is 0 Å². The summed E-state index contributed by atoms with van der Waals surface area (Å²) in [7, 11) is 1.71. The molecule has 0 fully saturated rings. The second-order valence-electron chi connectivity index (χ2n) is 3.59. The van der Waals surface area contributed by atoms with E-state index in [9.17, 15) is 13.2 Å². The van der Waals surface area contributed by atoms with Crippen LogP contribution in [0.5, 0.6) is 0 Å². The fourth-order valence-electron chi connectivity index (χ4n) is 1.31. The minimum atomic E-state index is -4.57. The predicted octanol–water partition coefficient (Wildman–Crippen LogP) is 2.12. The van der Waals surface area contributed by atoms with E-state index in [0.29, 0.717) is 6.54 Å². The van der Waals surface area contributed by atoms with Crippen LogP contribution in [0.1, 0.15) is 5.56 Å². The van der Waals surface area contributed by atoms with Gasteiger partial charge in [-0.1, -0.05) is 12.1 Å². The quantitative estimate of drug-likeness (QED) is 0.867. The van der Waals surface area contributed by atoms with Crippen molar-refractivity contribution in [2.24, 2.45) is 5.73 Å². The smallest absolute Gasteiger partial charge is 0.372 e. The Balaban J connectivity index is 2.43. The van der Waals surface area contributed by atoms with Crippen LogP contribution in [0.4, 0.5) is 18.9 Å². The van der Waals surface area contributed by atoms with Crippen LogP contribution < -0.4 is 10.6 Å². The molecule has 0 amide bonds. The monoisotopic (exact) mass is 248 g/mol. The zero-order chi connectivity index (χ0) is 12.9. The van der Waals surface area contributed by atoms with Crippen LogP contribution in [0.3, 0.4) is 0 Å². The average molecular weight is 248 g/mol. The molecule has 0 bridgehead atoms. The third-order valence-corrected chi connectivity index (χ3v) is 2.31. The first-order valence-electron chi connectivity index (χ1n) is 5.13. The first-order chi connectivity index (χ1) is 7.92. The van der Waals surface area contributed by atoms with E-state index in [4.69, 9.17) is 5.73 Å². The molecule has 0 saturated carbocycles. The lowest BCUT2D eigenvalue weighted by molar-refractivity contribution is -0.323. The lowest BCUT2D eigenvalue weighted by Crippen LogP contribution is -2.26. The second-order valence-corrected chi connectivity index (χ2v) is 3.59. The van der Waals surface area contributed by atoms with Gasteiger partial charge in [0.15, 0.2) is 0 Å². The number of hydrogen-bond acceptors (Lipinski definition) is 3. The van der Waals surface area contributed by atoms with Crippen molar-refractivity contribution in [1.29, 1.82) is 0 Å². The third kappa shape index (κ3) is 5.06. The number of nitrogens with two attached hydrogens (primary N) is 1. The lowest BCUT2D eigenvalue weighted by Gasteiger charge is -2.19. The Morgan fingerprint density at radius 2 is 1.82 bits per heavy atom. The van der Waals surface area contributed by atoms with Crippen LogP contribution in [-0.4, -0.2) is 26.6 Å². The largest absolute Gasteiger partial charge is 0.522 e. The molecule has 6 heteroatoms. The number of alkyl halides is 3. The van der Waals surface area contributed by atoms with Crippen molar-refractivity contribution in [2.75, 3.05) is 25.1 Å². The fraction of sp³-hybridized carbons (Fsp3) is 0.455. The summed E-state index contributed by atoms with van der Waals surface area (Å²) >= 11 is 0. The molecule has 0 radical (unpaired) electrons. The molecule has 0 saturated heterocycles. The van der Waals surface area contributed by atoms with E-state index in [1.54, 1.807) is 11.9 Å². The number of benzene rings is 1. The van der Waals surface area contributed by atoms with E-state index in [0.717, 1.165) is 11.3 Å². The molecule has 1 aromatic carbocycles. The SMILES string of the molecule is CN(CCOC(F)(F)F)c1ccc(CN)cc1. The van der Waals surface area contributed by atoms with Crippen LogP contribution in [0, 0.1) is 0 Å². The summed E-state index contributed by atoms with van der Waals surface area (Å²) < 4.78 is 39.0. The van der Waals surface area contributed by atoms with E-state index >= 15 is 0 Å². The van der Waals surface area contributed by atoms with Gasteiger partial charge in [0.25, 0.3) is 0 Å². The molecule has 1 rings (SSSR count). The minimum Gasteiger partial charge on any atom is -0.372 e. The molecule has 17 heavy (non-hydrogen) atoms. The maximum Gasteiger partial charge on any atom is 0.522 e. The number of halogens is 3. The van der Waals surface area contributed by atoms with Crippen molar-refractivity contribution in [3.05, 3.63) is 29.8 Å². The Morgan fingerprint density at radius 1 is 1.24 bits per heavy atom. The summed E-state index contributed by atoms with van der Waals surface area (Å²) in [6.07, 6.45) is -4.57. The molecule has 0 aromatic heterocycles. The summed E-state index contributed by atoms with van der Waals surface area (Å²) in [6, 6.07) is 7.32. The number of hydrogen-bond donors (Lipinski definition) is 1. The average Bonchev–Trinajstić information content (AvgIpc) is 2.27. The molecule has 0 aliphatic heterocycles. The molecule has 0 heterocycles. The molecule has 2 N–H and O–H groups in total. The summed E-state index contributed by atoms with van der Waals surface area (Å²) in [5, 5.41) is 0. The maximum atomic E-state index is 11.8. The van der Waals surface area contributed by atoms with Gasteiger partial charge in [-0.25, -0.2) is 0 Å². The van der Waals surface area contributed by atoms with Crippen molar-refractivity contribution >= 4 is 5.69 Å². The fourth-order valence-corrected chi connectivity index (χ4v) is 1.31. The van der Waals surface area contributed by atoms with Gasteiger partial charge in [0, 0.05) is 25.8 Å². The van der Waals surface area contributed by atoms with Gasteiger partial charge in [0.1, 0.15) is 0 Å². The summed E-state index contributed by atoms with van der Waals surface area (Å²) in [5.74, 6) is 0. The summed E-state index contributed by atoms with van der Waals surface area (Å²) in [4.78, 5) is 1.69. The van der Waals surface area contributed by atoms with Crippen molar-refractivity contribution in [3.63, 3.8) is 0 Å². The molecule has 1 aromatic rings. The van der Waals surface area contributed by atoms with Crippen LogP contribution in [0.15, 0.2) is 24.3 Å². The molecule has 0 atom stereocenters. The van der Waals surface area contributed by atoms with Gasteiger partial charge in [-0.3, -0.25) is 4.74 Å². The highest BCUT2D eigenvalue weighted by Crippen LogP contribution is 2.17. The molecular weight excluding hydrogens is 233 g/mol. The zero-order valence-electron chi connectivity index (χ0n) is 9.50. The maximum absolute atomic E-state index is 11.8. The molecule has 0 spiro atoms. The minimum absolute atomic E-state index is 0.168. The normalized spacial score (nSPS) is 11.6. The van der Waals surface area contributed by atoms with Gasteiger partial charge in [0.05, 0.1) is 6.61 Å². The van der Waals surface area contributed by atoms with Crippen molar-refractivity contribution in [1.82, 2.24) is 0 Å². The molecule has 0 aliphatic carbocycles. The number of ether oxygens (including phenoxy) is 1. The van der Waals surface area contributed by atoms with Gasteiger partial charge in [-0.05, 0) is 17.7 Å². The highest BCUT2D eigenvalue weighted by Gasteiger charge is 2.28. The molecule has 0 aliphatic rings. The number of anilines is 1. The second kappa shape index (κ2) is 5.88. The van der Waals surface area contributed by atoms with Crippen LogP contribution in [-0.2, 0) is 11.3 Å². The molecule has 0 unspecified atom stereocenters. The standard InChI is InChI=1S/C11H15F3N2O/c1-16(6-7-17-11(12,13)14)10-4-2-9(8-15)3-5-10/h2-5H,6-8,15H2,1H3. The molecule has 96 valence electrons. The lowest BCUT2D eigenvalue weighted by atomic mass is 10.2. The Bertz CT molecular complexity index is 338. The van der Waals surface area contributed by atoms with E-state index in [-0.39, 0.29) is 6.54 Å². The topological polar surface area (TPSA) is 38.5 Å². The van der Waals surface area contributed by atoms with E-state index in [2.05, 4.69) is 4.74 Å². The molecular formula is C11H15F3N2O. The summed E-state index contributed by atoms with van der Waals surface area (Å²) in [5.41, 5.74) is 7.25. The Kier molecular flexibility index (Phi) is 4.77. The number of likely N-dealkylation sites (N-methyl/N-ethyl adjacent to an activating group) is 1. The van der Waals surface area contributed by atoms with E-state index in [1.807, 2.05) is 24.3 Å². The predicted molar refractivity (Wildman–Crippen MR) is 59.6 cm³/mol. The highest BCUT2D eigenvalue weighted by atomic mass is 19.4. The van der Waals surface area contributed by atoms with Crippen LogP contribution in [0.2, 0.25) is 0 Å². The van der Waals surface area contributed by atoms with Gasteiger partial charge in [-0.15, -0.1) is 13.2 Å².